The summed E-state index contributed by atoms with van der Waals surface area (Å²) in [6.07, 6.45) is 0. The SMILES string of the molecule is COC(=O)c1ccc(/C(OS(=O)(=O)C(F)(F)F)=C(/C)SC(F)(F)F)cc1. The molecule has 13 heteroatoms. The minimum Gasteiger partial charge on any atom is -0.465 e. The molecular weight excluding hydrogens is 414 g/mol. The Labute approximate surface area is 148 Å². The first-order chi connectivity index (χ1) is 11.7. The molecule has 0 unspecified atom stereocenters. The third-order valence-electron chi connectivity index (χ3n) is 2.63. The summed E-state index contributed by atoms with van der Waals surface area (Å²) < 4.78 is 106. The zero-order valence-electron chi connectivity index (χ0n) is 12.9. The van der Waals surface area contributed by atoms with Crippen molar-refractivity contribution in [2.75, 3.05) is 7.11 Å². The van der Waals surface area contributed by atoms with E-state index in [2.05, 4.69) is 8.92 Å². The number of allylic oxidation sites excluding steroid dienone is 1. The van der Waals surface area contributed by atoms with Gasteiger partial charge in [0.1, 0.15) is 0 Å². The van der Waals surface area contributed by atoms with E-state index in [1.165, 1.54) is 0 Å². The van der Waals surface area contributed by atoms with Crippen LogP contribution in [0.15, 0.2) is 29.2 Å². The second kappa shape index (κ2) is 7.78. The molecule has 5 nitrogen and oxygen atoms in total. The summed E-state index contributed by atoms with van der Waals surface area (Å²) in [5, 5.41) is 0. The second-order valence-electron chi connectivity index (χ2n) is 4.49. The number of carbonyl (C=O) groups excluding carboxylic acids is 1. The number of halogens is 6. The number of benzene rings is 1. The normalized spacial score (nSPS) is 13.8. The molecule has 0 atom stereocenters. The lowest BCUT2D eigenvalue weighted by atomic mass is 10.1. The van der Waals surface area contributed by atoms with E-state index in [0.29, 0.717) is 0 Å². The summed E-state index contributed by atoms with van der Waals surface area (Å²) in [7, 11) is -5.15. The van der Waals surface area contributed by atoms with Crippen LogP contribution in [0.2, 0.25) is 0 Å². The van der Waals surface area contributed by atoms with Crippen LogP contribution in [0, 0.1) is 0 Å². The van der Waals surface area contributed by atoms with Crippen molar-refractivity contribution in [3.63, 3.8) is 0 Å². The summed E-state index contributed by atoms with van der Waals surface area (Å²) in [6.45, 7) is 0.744. The van der Waals surface area contributed by atoms with Crippen LogP contribution in [0.25, 0.3) is 5.76 Å². The summed E-state index contributed by atoms with van der Waals surface area (Å²) in [5.41, 5.74) is -11.2. The van der Waals surface area contributed by atoms with Gasteiger partial charge in [0.15, 0.2) is 5.76 Å². The molecule has 0 N–H and O–H groups in total. The highest BCUT2D eigenvalue weighted by Gasteiger charge is 2.49. The summed E-state index contributed by atoms with van der Waals surface area (Å²) in [4.78, 5) is 10.4. The van der Waals surface area contributed by atoms with Gasteiger partial charge in [-0.15, -0.1) is 0 Å². The molecule has 1 rings (SSSR count). The molecule has 0 aliphatic carbocycles. The summed E-state index contributed by atoms with van der Waals surface area (Å²) in [6, 6.07) is 3.90. The lowest BCUT2D eigenvalue weighted by Gasteiger charge is -2.16. The van der Waals surface area contributed by atoms with Gasteiger partial charge >= 0.3 is 27.1 Å². The number of alkyl halides is 6. The Kier molecular flexibility index (Phi) is 6.63. The van der Waals surface area contributed by atoms with Gasteiger partial charge in [0.2, 0.25) is 0 Å². The molecule has 0 spiro atoms. The molecule has 0 bridgehead atoms. The highest BCUT2D eigenvalue weighted by Crippen LogP contribution is 2.41. The Hall–Kier alpha value is -1.89. The molecule has 146 valence electrons. The predicted octanol–water partition coefficient (Wildman–Crippen LogP) is 4.28. The third kappa shape index (κ3) is 5.83. The van der Waals surface area contributed by atoms with Gasteiger partial charge in [-0.05, 0) is 30.8 Å². The zero-order valence-corrected chi connectivity index (χ0v) is 14.6. The van der Waals surface area contributed by atoms with Crippen LogP contribution in [0.3, 0.4) is 0 Å². The fraction of sp³-hybridized carbons (Fsp3) is 0.308. The van der Waals surface area contributed by atoms with Gasteiger partial charge in [-0.3, -0.25) is 0 Å². The van der Waals surface area contributed by atoms with Gasteiger partial charge < -0.3 is 8.92 Å². The number of rotatable bonds is 5. The molecule has 0 heterocycles. The molecule has 1 aromatic carbocycles. The highest BCUT2D eigenvalue weighted by molar-refractivity contribution is 8.04. The van der Waals surface area contributed by atoms with Crippen molar-refractivity contribution in [1.82, 2.24) is 0 Å². The van der Waals surface area contributed by atoms with Crippen molar-refractivity contribution in [2.45, 2.75) is 17.9 Å². The fourth-order valence-corrected chi connectivity index (χ4v) is 2.75. The van der Waals surface area contributed by atoms with E-state index in [1.807, 2.05) is 0 Å². The van der Waals surface area contributed by atoms with E-state index < -0.39 is 55.1 Å². The number of esters is 1. The van der Waals surface area contributed by atoms with Crippen LogP contribution in [0.4, 0.5) is 26.3 Å². The summed E-state index contributed by atoms with van der Waals surface area (Å²) >= 11 is -0.843. The molecule has 0 aliphatic heterocycles. The van der Waals surface area contributed by atoms with E-state index in [-0.39, 0.29) is 5.56 Å². The van der Waals surface area contributed by atoms with Crippen molar-refractivity contribution < 1.29 is 48.5 Å². The Balaban J connectivity index is 3.42. The van der Waals surface area contributed by atoms with Gasteiger partial charge in [-0.1, -0.05) is 12.1 Å². The van der Waals surface area contributed by atoms with E-state index in [1.54, 1.807) is 0 Å². The second-order valence-corrected chi connectivity index (χ2v) is 7.30. The van der Waals surface area contributed by atoms with Crippen LogP contribution in [0.5, 0.6) is 0 Å². The minimum atomic E-state index is -6.21. The van der Waals surface area contributed by atoms with Crippen LogP contribution in [0.1, 0.15) is 22.8 Å². The Morgan fingerprint density at radius 3 is 1.85 bits per heavy atom. The highest BCUT2D eigenvalue weighted by atomic mass is 32.2. The first kappa shape index (κ1) is 22.2. The molecule has 0 aliphatic rings. The van der Waals surface area contributed by atoms with Crippen molar-refractivity contribution >= 4 is 33.6 Å². The van der Waals surface area contributed by atoms with Crippen molar-refractivity contribution in [1.29, 1.82) is 0 Å². The molecular formula is C13H10F6O5S2. The molecule has 1 aromatic rings. The molecule has 26 heavy (non-hydrogen) atoms. The zero-order chi connectivity index (χ0) is 20.3. The maximum absolute atomic E-state index is 12.5. The van der Waals surface area contributed by atoms with Gasteiger partial charge in [0, 0.05) is 10.5 Å². The average molecular weight is 424 g/mol. The van der Waals surface area contributed by atoms with E-state index in [4.69, 9.17) is 0 Å². The van der Waals surface area contributed by atoms with Crippen LogP contribution in [-0.4, -0.2) is 32.5 Å². The average Bonchev–Trinajstić information content (AvgIpc) is 2.49. The predicted molar refractivity (Wildman–Crippen MR) is 80.1 cm³/mol. The van der Waals surface area contributed by atoms with Crippen LogP contribution >= 0.6 is 11.8 Å². The Bertz CT molecular complexity index is 794. The molecule has 0 saturated carbocycles. The first-order valence-electron chi connectivity index (χ1n) is 6.34. The van der Waals surface area contributed by atoms with Gasteiger partial charge in [0.05, 0.1) is 12.7 Å². The monoisotopic (exact) mass is 424 g/mol. The number of thioether (sulfide) groups is 1. The smallest absolute Gasteiger partial charge is 0.465 e. The molecule has 0 aromatic heterocycles. The molecule has 0 radical (unpaired) electrons. The van der Waals surface area contributed by atoms with Crippen LogP contribution in [-0.2, 0) is 19.0 Å². The lowest BCUT2D eigenvalue weighted by molar-refractivity contribution is -0.0509. The van der Waals surface area contributed by atoms with E-state index in [0.717, 1.165) is 38.3 Å². The molecule has 0 saturated heterocycles. The number of carbonyl (C=O) groups is 1. The number of methoxy groups -OCH3 is 1. The minimum absolute atomic E-state index is 0.0598. The lowest BCUT2D eigenvalue weighted by Crippen LogP contribution is -2.25. The number of ether oxygens (including phenoxy) is 1. The quantitative estimate of drug-likeness (QED) is 0.231. The number of hydrogen-bond donors (Lipinski definition) is 0. The van der Waals surface area contributed by atoms with Crippen LogP contribution < -0.4 is 0 Å². The first-order valence-corrected chi connectivity index (χ1v) is 8.56. The van der Waals surface area contributed by atoms with E-state index >= 15 is 0 Å². The topological polar surface area (TPSA) is 69.7 Å². The van der Waals surface area contributed by atoms with Gasteiger partial charge in [-0.25, -0.2) is 4.79 Å². The van der Waals surface area contributed by atoms with Gasteiger partial charge in [0.25, 0.3) is 0 Å². The molecule has 0 amide bonds. The van der Waals surface area contributed by atoms with E-state index in [9.17, 15) is 39.6 Å². The maximum atomic E-state index is 12.5. The largest absolute Gasteiger partial charge is 0.534 e. The van der Waals surface area contributed by atoms with Gasteiger partial charge in [-0.2, -0.15) is 34.8 Å². The van der Waals surface area contributed by atoms with Crippen molar-refractivity contribution in [3.05, 3.63) is 40.3 Å². The van der Waals surface area contributed by atoms with Crippen molar-refractivity contribution in [2.24, 2.45) is 0 Å². The third-order valence-corrected chi connectivity index (χ3v) is 4.31. The summed E-state index contributed by atoms with van der Waals surface area (Å²) in [5.74, 6) is -1.98. The fourth-order valence-electron chi connectivity index (χ4n) is 1.56. The number of hydrogen-bond acceptors (Lipinski definition) is 6. The Morgan fingerprint density at radius 1 is 1.00 bits per heavy atom. The Morgan fingerprint density at radius 2 is 1.46 bits per heavy atom. The standard InChI is InChI=1S/C13H10F6O5S2/c1-7(25-12(14,15)16)10(24-26(21,22)13(17,18)19)8-3-5-9(6-4-8)11(20)23-2/h3-6H,1-2H3/b10-7+. The maximum Gasteiger partial charge on any atom is 0.534 e. The molecule has 0 fully saturated rings. The van der Waals surface area contributed by atoms with Crippen molar-refractivity contribution in [3.8, 4) is 0 Å².